The minimum atomic E-state index is -0.302. The number of fused-ring (bicyclic) bond motifs is 1. The SMILES string of the molecule is CO/N=C1\NC(/N=C\N(C)C)Nc2c1ncn2C. The molecule has 2 rings (SSSR count). The Morgan fingerprint density at radius 1 is 1.50 bits per heavy atom. The van der Waals surface area contributed by atoms with Gasteiger partial charge in [-0.05, 0) is 0 Å². The van der Waals surface area contributed by atoms with E-state index < -0.39 is 0 Å². The third kappa shape index (κ3) is 2.36. The number of imidazole rings is 1. The molecule has 1 aromatic heterocycles. The average Bonchev–Trinajstić information content (AvgIpc) is 2.69. The summed E-state index contributed by atoms with van der Waals surface area (Å²) in [6.45, 7) is 0. The molecule has 2 N–H and O–H groups in total. The maximum absolute atomic E-state index is 4.81. The highest BCUT2D eigenvalue weighted by atomic mass is 16.6. The van der Waals surface area contributed by atoms with Gasteiger partial charge < -0.3 is 24.9 Å². The van der Waals surface area contributed by atoms with Crippen LogP contribution in [0.2, 0.25) is 0 Å². The molecule has 0 aliphatic carbocycles. The number of nitrogens with zero attached hydrogens (tertiary/aromatic N) is 5. The Morgan fingerprint density at radius 2 is 2.28 bits per heavy atom. The normalized spacial score (nSPS) is 20.4. The van der Waals surface area contributed by atoms with Crippen molar-refractivity contribution < 1.29 is 4.84 Å². The van der Waals surface area contributed by atoms with Crippen LogP contribution in [0.1, 0.15) is 5.69 Å². The van der Waals surface area contributed by atoms with E-state index >= 15 is 0 Å². The van der Waals surface area contributed by atoms with Crippen molar-refractivity contribution >= 4 is 18.0 Å². The number of amidine groups is 1. The van der Waals surface area contributed by atoms with Gasteiger partial charge in [-0.1, -0.05) is 5.16 Å². The molecule has 98 valence electrons. The Bertz CT molecular complexity index is 477. The zero-order valence-electron chi connectivity index (χ0n) is 10.9. The van der Waals surface area contributed by atoms with Crippen LogP contribution in [0.25, 0.3) is 0 Å². The van der Waals surface area contributed by atoms with Crippen LogP contribution in [0.4, 0.5) is 5.82 Å². The predicted octanol–water partition coefficient (Wildman–Crippen LogP) is -0.383. The lowest BCUT2D eigenvalue weighted by molar-refractivity contribution is 0.211. The van der Waals surface area contributed by atoms with Crippen LogP contribution in [-0.2, 0) is 11.9 Å². The van der Waals surface area contributed by atoms with Gasteiger partial charge in [0.1, 0.15) is 12.9 Å². The first-order valence-electron chi connectivity index (χ1n) is 5.47. The van der Waals surface area contributed by atoms with E-state index in [0.29, 0.717) is 5.84 Å². The Labute approximate surface area is 105 Å². The first kappa shape index (κ1) is 12.2. The van der Waals surface area contributed by atoms with Gasteiger partial charge in [-0.25, -0.2) is 9.98 Å². The van der Waals surface area contributed by atoms with Crippen LogP contribution >= 0.6 is 0 Å². The second kappa shape index (κ2) is 4.94. The topological polar surface area (TPSA) is 79.1 Å². The summed E-state index contributed by atoms with van der Waals surface area (Å²) in [7, 11) is 7.22. The van der Waals surface area contributed by atoms with Gasteiger partial charge in [-0.3, -0.25) is 0 Å². The summed E-state index contributed by atoms with van der Waals surface area (Å²) in [6, 6.07) is 0. The van der Waals surface area contributed by atoms with E-state index in [9.17, 15) is 0 Å². The third-order valence-electron chi connectivity index (χ3n) is 2.34. The molecule has 1 atom stereocenters. The molecule has 0 radical (unpaired) electrons. The highest BCUT2D eigenvalue weighted by Crippen LogP contribution is 2.18. The van der Waals surface area contributed by atoms with E-state index in [1.807, 2.05) is 30.6 Å². The molecule has 0 spiro atoms. The first-order valence-corrected chi connectivity index (χ1v) is 5.47. The lowest BCUT2D eigenvalue weighted by Crippen LogP contribution is -2.45. The minimum absolute atomic E-state index is 0.302. The van der Waals surface area contributed by atoms with Gasteiger partial charge in [0.05, 0.1) is 12.7 Å². The molecular weight excluding hydrogens is 234 g/mol. The summed E-state index contributed by atoms with van der Waals surface area (Å²) in [5, 5.41) is 10.2. The molecule has 1 aliphatic heterocycles. The van der Waals surface area contributed by atoms with E-state index in [0.717, 1.165) is 11.5 Å². The highest BCUT2D eigenvalue weighted by molar-refractivity contribution is 6.02. The molecule has 2 heterocycles. The van der Waals surface area contributed by atoms with Crippen molar-refractivity contribution in [1.82, 2.24) is 19.8 Å². The van der Waals surface area contributed by atoms with Crippen LogP contribution in [0, 0.1) is 0 Å². The van der Waals surface area contributed by atoms with E-state index in [2.05, 4.69) is 25.8 Å². The van der Waals surface area contributed by atoms with Crippen molar-refractivity contribution in [2.24, 2.45) is 17.2 Å². The summed E-state index contributed by atoms with van der Waals surface area (Å²) in [5.41, 5.74) is 0.718. The molecule has 0 bridgehead atoms. The summed E-state index contributed by atoms with van der Waals surface area (Å²) in [5.74, 6) is 1.42. The van der Waals surface area contributed by atoms with E-state index in [1.54, 1.807) is 12.7 Å². The van der Waals surface area contributed by atoms with E-state index in [4.69, 9.17) is 4.84 Å². The fourth-order valence-electron chi connectivity index (χ4n) is 1.57. The molecule has 0 saturated heterocycles. The van der Waals surface area contributed by atoms with Crippen molar-refractivity contribution in [2.75, 3.05) is 26.5 Å². The first-order chi connectivity index (χ1) is 8.61. The predicted molar refractivity (Wildman–Crippen MR) is 69.5 cm³/mol. The zero-order chi connectivity index (χ0) is 13.1. The number of oxime groups is 1. The molecule has 0 saturated carbocycles. The highest BCUT2D eigenvalue weighted by Gasteiger charge is 2.25. The largest absolute Gasteiger partial charge is 0.397 e. The van der Waals surface area contributed by atoms with Crippen LogP contribution in [0.3, 0.4) is 0 Å². The van der Waals surface area contributed by atoms with Crippen LogP contribution in [0.15, 0.2) is 16.5 Å². The fourth-order valence-corrected chi connectivity index (χ4v) is 1.57. The van der Waals surface area contributed by atoms with Gasteiger partial charge in [0.15, 0.2) is 17.8 Å². The van der Waals surface area contributed by atoms with Gasteiger partial charge in [0.2, 0.25) is 0 Å². The molecule has 18 heavy (non-hydrogen) atoms. The summed E-state index contributed by atoms with van der Waals surface area (Å²) in [6.07, 6.45) is 3.13. The lowest BCUT2D eigenvalue weighted by Gasteiger charge is -2.24. The van der Waals surface area contributed by atoms with Crippen molar-refractivity contribution in [2.45, 2.75) is 6.29 Å². The number of aliphatic imine (C=N–C) groups is 1. The molecule has 8 nitrogen and oxygen atoms in total. The minimum Gasteiger partial charge on any atom is -0.397 e. The van der Waals surface area contributed by atoms with Crippen LogP contribution in [-0.4, -0.2) is 54.1 Å². The molecule has 1 aliphatic rings. The quantitative estimate of drug-likeness (QED) is 0.435. The average molecular weight is 251 g/mol. The second-order valence-electron chi connectivity index (χ2n) is 4.09. The number of hydrogen-bond donors (Lipinski definition) is 2. The Hall–Kier alpha value is -2.25. The molecule has 1 aromatic rings. The maximum atomic E-state index is 4.81. The van der Waals surface area contributed by atoms with Gasteiger partial charge >= 0.3 is 0 Å². The number of nitrogens with one attached hydrogen (secondary N) is 2. The number of hydrogen-bond acceptors (Lipinski definition) is 5. The van der Waals surface area contributed by atoms with E-state index in [1.165, 1.54) is 7.11 Å². The second-order valence-corrected chi connectivity index (χ2v) is 4.09. The van der Waals surface area contributed by atoms with Crippen molar-refractivity contribution in [1.29, 1.82) is 0 Å². The molecule has 0 amide bonds. The molecule has 0 aromatic carbocycles. The standard InChI is InChI=1S/C10H17N7O/c1-16(2)5-12-10-13-8(15-18-4)7-9(14-10)17(3)6-11-7/h5-6,10,14H,1-4H3,(H,13,15)/b12-5-. The maximum Gasteiger partial charge on any atom is 0.198 e. The van der Waals surface area contributed by atoms with Gasteiger partial charge in [0, 0.05) is 21.1 Å². The van der Waals surface area contributed by atoms with Crippen LogP contribution in [0.5, 0.6) is 0 Å². The van der Waals surface area contributed by atoms with Gasteiger partial charge in [-0.2, -0.15) is 0 Å². The number of anilines is 1. The monoisotopic (exact) mass is 251 g/mol. The fraction of sp³-hybridized carbons (Fsp3) is 0.500. The third-order valence-corrected chi connectivity index (χ3v) is 2.34. The Kier molecular flexibility index (Phi) is 3.35. The smallest absolute Gasteiger partial charge is 0.198 e. The van der Waals surface area contributed by atoms with E-state index in [-0.39, 0.29) is 6.29 Å². The van der Waals surface area contributed by atoms with Crippen molar-refractivity contribution in [3.05, 3.63) is 12.0 Å². The number of aromatic nitrogens is 2. The molecular formula is C10H17N7O. The molecule has 1 unspecified atom stereocenters. The molecule has 8 heteroatoms. The molecule has 0 fully saturated rings. The van der Waals surface area contributed by atoms with Gasteiger partial charge in [0.25, 0.3) is 0 Å². The van der Waals surface area contributed by atoms with Crippen molar-refractivity contribution in [3.8, 4) is 0 Å². The van der Waals surface area contributed by atoms with Crippen molar-refractivity contribution in [3.63, 3.8) is 0 Å². The lowest BCUT2D eigenvalue weighted by atomic mass is 10.3. The summed E-state index contributed by atoms with van der Waals surface area (Å²) >= 11 is 0. The number of aryl methyl sites for hydroxylation is 1. The van der Waals surface area contributed by atoms with Crippen LogP contribution < -0.4 is 10.6 Å². The Balaban J connectivity index is 2.27. The summed E-state index contributed by atoms with van der Waals surface area (Å²) < 4.78 is 1.87. The number of rotatable bonds is 3. The van der Waals surface area contributed by atoms with Gasteiger partial charge in [-0.15, -0.1) is 0 Å². The Morgan fingerprint density at radius 3 is 2.94 bits per heavy atom. The zero-order valence-corrected chi connectivity index (χ0v) is 10.9. The summed E-state index contributed by atoms with van der Waals surface area (Å²) in [4.78, 5) is 15.3.